The summed E-state index contributed by atoms with van der Waals surface area (Å²) in [7, 11) is 0. The predicted molar refractivity (Wildman–Crippen MR) is 130 cm³/mol. The molecule has 0 bridgehead atoms. The van der Waals surface area contributed by atoms with Crippen LogP contribution in [0.2, 0.25) is 10.0 Å². The Morgan fingerprint density at radius 2 is 1.69 bits per heavy atom. The lowest BCUT2D eigenvalue weighted by atomic mass is 9.80. The zero-order valence-electron chi connectivity index (χ0n) is 17.6. The summed E-state index contributed by atoms with van der Waals surface area (Å²) >= 11 is 12.7. The molecule has 0 saturated carbocycles. The van der Waals surface area contributed by atoms with Gasteiger partial charge in [0, 0.05) is 55.4 Å². The number of aromatic nitrogens is 3. The van der Waals surface area contributed by atoms with Crippen molar-refractivity contribution >= 4 is 23.2 Å². The molecular weight excluding hydrogens is 439 g/mol. The zero-order valence-corrected chi connectivity index (χ0v) is 19.1. The highest BCUT2D eigenvalue weighted by Crippen LogP contribution is 2.41. The maximum atomic E-state index is 6.43. The van der Waals surface area contributed by atoms with Gasteiger partial charge >= 0.3 is 0 Å². The highest BCUT2D eigenvalue weighted by Gasteiger charge is 2.34. The van der Waals surface area contributed by atoms with Crippen molar-refractivity contribution in [3.63, 3.8) is 0 Å². The van der Waals surface area contributed by atoms with Gasteiger partial charge in [0.15, 0.2) is 0 Å². The van der Waals surface area contributed by atoms with Gasteiger partial charge < -0.3 is 4.57 Å². The molecule has 2 unspecified atom stereocenters. The van der Waals surface area contributed by atoms with Crippen molar-refractivity contribution in [1.29, 1.82) is 0 Å². The van der Waals surface area contributed by atoms with Gasteiger partial charge in [0.25, 0.3) is 0 Å². The summed E-state index contributed by atoms with van der Waals surface area (Å²) in [5, 5.41) is 1.18. The van der Waals surface area contributed by atoms with E-state index in [-0.39, 0.29) is 11.8 Å². The first-order valence-electron chi connectivity index (χ1n) is 10.8. The monoisotopic (exact) mass is 462 g/mol. The van der Waals surface area contributed by atoms with Crippen molar-refractivity contribution < 1.29 is 0 Å². The van der Waals surface area contributed by atoms with E-state index in [1.807, 2.05) is 49.1 Å². The Balaban J connectivity index is 1.49. The fourth-order valence-electron chi connectivity index (χ4n) is 4.71. The minimum Gasteiger partial charge on any atom is -0.303 e. The molecule has 162 valence electrons. The molecule has 5 rings (SSSR count). The van der Waals surface area contributed by atoms with Gasteiger partial charge in [0.1, 0.15) is 5.82 Å². The number of hydrogen-bond donors (Lipinski definition) is 0. The second kappa shape index (κ2) is 9.45. The normalized spacial score (nSPS) is 19.2. The van der Waals surface area contributed by atoms with Gasteiger partial charge in [-0.1, -0.05) is 59.6 Å². The number of hydrogen-bond acceptors (Lipinski definition) is 3. The molecule has 0 amide bonds. The average molecular weight is 463 g/mol. The van der Waals surface area contributed by atoms with Crippen molar-refractivity contribution in [3.8, 4) is 5.69 Å². The Kier molecular flexibility index (Phi) is 6.26. The highest BCUT2D eigenvalue weighted by molar-refractivity contribution is 6.42. The smallest absolute Gasteiger partial charge is 0.117 e. The third-order valence-corrected chi connectivity index (χ3v) is 7.00. The molecule has 6 heteroatoms. The minimum atomic E-state index is 0.255. The van der Waals surface area contributed by atoms with E-state index in [1.54, 1.807) is 0 Å². The minimum absolute atomic E-state index is 0.255. The van der Waals surface area contributed by atoms with Gasteiger partial charge in [0.05, 0.1) is 10.0 Å². The molecule has 2 aromatic carbocycles. The molecule has 0 spiro atoms. The van der Waals surface area contributed by atoms with E-state index in [0.29, 0.717) is 10.0 Å². The molecule has 1 aliphatic rings. The first-order chi connectivity index (χ1) is 15.7. The lowest BCUT2D eigenvalue weighted by Crippen LogP contribution is -2.38. The summed E-state index contributed by atoms with van der Waals surface area (Å²) in [6.45, 7) is 2.88. The molecule has 1 fully saturated rings. The summed E-state index contributed by atoms with van der Waals surface area (Å²) in [5.74, 6) is 1.60. The van der Waals surface area contributed by atoms with E-state index >= 15 is 0 Å². The number of likely N-dealkylation sites (tertiary alicyclic amines) is 1. The van der Waals surface area contributed by atoms with Gasteiger partial charge in [-0.05, 0) is 48.4 Å². The molecule has 1 saturated heterocycles. The first kappa shape index (κ1) is 21.2. The van der Waals surface area contributed by atoms with Gasteiger partial charge in [0.2, 0.25) is 0 Å². The zero-order chi connectivity index (χ0) is 21.9. The van der Waals surface area contributed by atoms with Crippen LogP contribution in [0.4, 0.5) is 0 Å². The van der Waals surface area contributed by atoms with Crippen LogP contribution in [0, 0.1) is 0 Å². The molecule has 4 nitrogen and oxygen atoms in total. The molecule has 32 heavy (non-hydrogen) atoms. The lowest BCUT2D eigenvalue weighted by molar-refractivity contribution is 0.178. The summed E-state index contributed by atoms with van der Waals surface area (Å²) in [6, 6.07) is 20.7. The van der Waals surface area contributed by atoms with Crippen LogP contribution >= 0.6 is 23.2 Å². The fraction of sp³-hybridized carbons (Fsp3) is 0.231. The number of nitrogens with zero attached hydrogens (tertiary/aromatic N) is 4. The number of halogens is 2. The van der Waals surface area contributed by atoms with Crippen LogP contribution in [0.1, 0.15) is 35.2 Å². The first-order valence-corrected chi connectivity index (χ1v) is 11.6. The maximum absolute atomic E-state index is 6.43. The van der Waals surface area contributed by atoms with Crippen LogP contribution in [0.5, 0.6) is 0 Å². The van der Waals surface area contributed by atoms with Crippen molar-refractivity contribution in [1.82, 2.24) is 19.4 Å². The van der Waals surface area contributed by atoms with Gasteiger partial charge in [-0.15, -0.1) is 0 Å². The second-order valence-corrected chi connectivity index (χ2v) is 9.07. The fourth-order valence-corrected chi connectivity index (χ4v) is 5.01. The van der Waals surface area contributed by atoms with E-state index in [1.165, 1.54) is 11.1 Å². The number of rotatable bonds is 5. The summed E-state index contributed by atoms with van der Waals surface area (Å²) in [4.78, 5) is 11.5. The Hall–Kier alpha value is -2.66. The van der Waals surface area contributed by atoms with Crippen LogP contribution in [-0.2, 0) is 6.54 Å². The molecule has 3 heterocycles. The molecule has 2 aromatic heterocycles. The van der Waals surface area contributed by atoms with Crippen LogP contribution in [0.25, 0.3) is 5.69 Å². The van der Waals surface area contributed by atoms with Crippen molar-refractivity contribution in [2.24, 2.45) is 0 Å². The van der Waals surface area contributed by atoms with E-state index < -0.39 is 0 Å². The second-order valence-electron chi connectivity index (χ2n) is 8.26. The van der Waals surface area contributed by atoms with Crippen LogP contribution < -0.4 is 0 Å². The Labute approximate surface area is 198 Å². The number of piperidine rings is 1. The number of pyridine rings is 1. The maximum Gasteiger partial charge on any atom is 0.117 e. The largest absolute Gasteiger partial charge is 0.303 e. The summed E-state index contributed by atoms with van der Waals surface area (Å²) in [6.07, 6.45) is 8.57. The molecular formula is C26H24Cl2N4. The Morgan fingerprint density at radius 3 is 2.47 bits per heavy atom. The SMILES string of the molecule is Clc1ccc(C2CN(Cc3ccccc3)CCC2c2nccn2-c2ccncc2)cc1Cl. The van der Waals surface area contributed by atoms with Crippen LogP contribution in [-0.4, -0.2) is 32.5 Å². The standard InChI is InChI=1S/C26H24Cl2N4/c27-24-7-6-20(16-25(24)28)23-18-31(17-19-4-2-1-3-5-19)14-10-22(23)26-30-13-15-32(26)21-8-11-29-12-9-21/h1-9,11-13,15-16,22-23H,10,14,17-18H2. The average Bonchev–Trinajstić information content (AvgIpc) is 3.32. The molecule has 0 aliphatic carbocycles. The van der Waals surface area contributed by atoms with E-state index in [4.69, 9.17) is 28.2 Å². The predicted octanol–water partition coefficient (Wildman–Crippen LogP) is 6.35. The third-order valence-electron chi connectivity index (χ3n) is 6.26. The quantitative estimate of drug-likeness (QED) is 0.346. The van der Waals surface area contributed by atoms with Gasteiger partial charge in [-0.2, -0.15) is 0 Å². The van der Waals surface area contributed by atoms with Crippen molar-refractivity contribution in [3.05, 3.63) is 112 Å². The van der Waals surface area contributed by atoms with Crippen LogP contribution in [0.15, 0.2) is 85.5 Å². The van der Waals surface area contributed by atoms with Gasteiger partial charge in [-0.25, -0.2) is 4.98 Å². The Bertz CT molecular complexity index is 1180. The number of imidazole rings is 1. The molecule has 2 atom stereocenters. The lowest BCUT2D eigenvalue weighted by Gasteiger charge is -2.39. The topological polar surface area (TPSA) is 34.0 Å². The number of benzene rings is 2. The molecule has 1 aliphatic heterocycles. The van der Waals surface area contributed by atoms with E-state index in [9.17, 15) is 0 Å². The molecule has 4 aromatic rings. The van der Waals surface area contributed by atoms with Crippen molar-refractivity contribution in [2.75, 3.05) is 13.1 Å². The summed E-state index contributed by atoms with van der Waals surface area (Å²) < 4.78 is 2.18. The highest BCUT2D eigenvalue weighted by atomic mass is 35.5. The Morgan fingerprint density at radius 1 is 0.875 bits per heavy atom. The molecule has 0 N–H and O–H groups in total. The molecule has 0 radical (unpaired) electrons. The van der Waals surface area contributed by atoms with E-state index in [2.05, 4.69) is 50.8 Å². The van der Waals surface area contributed by atoms with E-state index in [0.717, 1.165) is 37.6 Å². The third kappa shape index (κ3) is 4.44. The summed E-state index contributed by atoms with van der Waals surface area (Å²) in [5.41, 5.74) is 3.61. The van der Waals surface area contributed by atoms with Gasteiger partial charge in [-0.3, -0.25) is 9.88 Å². The van der Waals surface area contributed by atoms with Crippen LogP contribution in [0.3, 0.4) is 0 Å². The van der Waals surface area contributed by atoms with Crippen molar-refractivity contribution in [2.45, 2.75) is 24.8 Å².